The molecule has 1 amide bonds. The molecule has 2 N–H and O–H groups in total. The van der Waals surface area contributed by atoms with Crippen LogP contribution in [0, 0.1) is 0 Å². The van der Waals surface area contributed by atoms with E-state index in [1.54, 1.807) is 10.9 Å². The minimum atomic E-state index is -1.09. The van der Waals surface area contributed by atoms with Crippen LogP contribution in [0.1, 0.15) is 6.42 Å². The third-order valence-electron chi connectivity index (χ3n) is 3.72. The number of likely N-dealkylation sites (tertiary alicyclic amines) is 1. The Morgan fingerprint density at radius 1 is 1.33 bits per heavy atom. The summed E-state index contributed by atoms with van der Waals surface area (Å²) >= 11 is 0. The first-order valence-electron chi connectivity index (χ1n) is 6.66. The van der Waals surface area contributed by atoms with E-state index in [1.165, 1.54) is 4.90 Å². The van der Waals surface area contributed by atoms with Gasteiger partial charge in [0.25, 0.3) is 0 Å². The summed E-state index contributed by atoms with van der Waals surface area (Å²) in [6.07, 6.45) is 0.853. The van der Waals surface area contributed by atoms with Gasteiger partial charge < -0.3 is 19.7 Å². The Balaban J connectivity index is 1.81. The van der Waals surface area contributed by atoms with Crippen molar-refractivity contribution in [2.24, 2.45) is 0 Å². The highest BCUT2D eigenvalue weighted by Gasteiger charge is 2.38. The molecule has 1 fully saturated rings. The summed E-state index contributed by atoms with van der Waals surface area (Å²) in [5.41, 5.74) is 1.60. The van der Waals surface area contributed by atoms with E-state index in [2.05, 4.69) is 4.98 Å². The summed E-state index contributed by atoms with van der Waals surface area (Å²) in [4.78, 5) is 28.9. The van der Waals surface area contributed by atoms with Gasteiger partial charge in [0.15, 0.2) is 0 Å². The van der Waals surface area contributed by atoms with Gasteiger partial charge in [0.05, 0.1) is 23.5 Å². The molecule has 3 rings (SSSR count). The number of fused-ring (bicyclic) bond motifs is 1. The van der Waals surface area contributed by atoms with Crippen molar-refractivity contribution in [2.75, 3.05) is 6.54 Å². The second-order valence-corrected chi connectivity index (χ2v) is 5.15. The predicted octanol–water partition coefficient (Wildman–Crippen LogP) is 0.0827. The Morgan fingerprint density at radius 2 is 2.10 bits per heavy atom. The lowest BCUT2D eigenvalue weighted by Gasteiger charge is -2.21. The van der Waals surface area contributed by atoms with Gasteiger partial charge in [0, 0.05) is 13.0 Å². The standard InChI is InChI=1S/C14H15N3O4/c18-9-5-12(14(20)21)17(6-9)13(19)7-16-8-15-10-3-1-2-4-11(10)16/h1-4,8-9,12,18H,5-7H2,(H,20,21). The molecule has 2 heterocycles. The van der Waals surface area contributed by atoms with Crippen LogP contribution in [-0.2, 0) is 16.1 Å². The Labute approximate surface area is 120 Å². The Morgan fingerprint density at radius 3 is 2.86 bits per heavy atom. The lowest BCUT2D eigenvalue weighted by Crippen LogP contribution is -2.42. The first kappa shape index (κ1) is 13.6. The fraction of sp³-hybridized carbons (Fsp3) is 0.357. The maximum atomic E-state index is 12.3. The van der Waals surface area contributed by atoms with Gasteiger partial charge in [0.1, 0.15) is 12.6 Å². The summed E-state index contributed by atoms with van der Waals surface area (Å²) in [7, 11) is 0. The monoisotopic (exact) mass is 289 g/mol. The number of amides is 1. The average molecular weight is 289 g/mol. The Bertz CT molecular complexity index is 696. The number of carbonyl (C=O) groups excluding carboxylic acids is 1. The van der Waals surface area contributed by atoms with Gasteiger partial charge in [-0.15, -0.1) is 0 Å². The number of carboxylic acid groups (broad SMARTS) is 1. The van der Waals surface area contributed by atoms with Gasteiger partial charge in [0.2, 0.25) is 5.91 Å². The van der Waals surface area contributed by atoms with Gasteiger partial charge in [-0.1, -0.05) is 12.1 Å². The third kappa shape index (κ3) is 2.47. The van der Waals surface area contributed by atoms with E-state index in [4.69, 9.17) is 5.11 Å². The number of aromatic nitrogens is 2. The number of aliphatic hydroxyl groups excluding tert-OH is 1. The molecule has 1 saturated heterocycles. The van der Waals surface area contributed by atoms with Crippen LogP contribution in [0.4, 0.5) is 0 Å². The van der Waals surface area contributed by atoms with Gasteiger partial charge >= 0.3 is 5.97 Å². The number of hydrogen-bond acceptors (Lipinski definition) is 4. The number of carboxylic acids is 1. The summed E-state index contributed by atoms with van der Waals surface area (Å²) < 4.78 is 1.68. The van der Waals surface area contributed by atoms with Crippen LogP contribution in [0.2, 0.25) is 0 Å². The molecule has 0 spiro atoms. The molecule has 0 saturated carbocycles. The first-order valence-corrected chi connectivity index (χ1v) is 6.66. The fourth-order valence-electron chi connectivity index (χ4n) is 2.70. The molecule has 0 bridgehead atoms. The maximum absolute atomic E-state index is 12.3. The number of aliphatic carboxylic acids is 1. The van der Waals surface area contributed by atoms with Crippen LogP contribution < -0.4 is 0 Å². The van der Waals surface area contributed by atoms with Crippen molar-refractivity contribution in [3.05, 3.63) is 30.6 Å². The molecule has 21 heavy (non-hydrogen) atoms. The molecule has 2 aromatic rings. The SMILES string of the molecule is O=C(O)C1CC(O)CN1C(=O)Cn1cnc2ccccc21. The van der Waals surface area contributed by atoms with Crippen LogP contribution in [0.5, 0.6) is 0 Å². The van der Waals surface area contributed by atoms with Crippen molar-refractivity contribution in [3.63, 3.8) is 0 Å². The Hall–Kier alpha value is -2.41. The van der Waals surface area contributed by atoms with Crippen molar-refractivity contribution in [1.29, 1.82) is 0 Å². The second kappa shape index (κ2) is 5.17. The highest BCUT2D eigenvalue weighted by atomic mass is 16.4. The molecule has 0 aliphatic carbocycles. The summed E-state index contributed by atoms with van der Waals surface area (Å²) in [6.45, 7) is 0.0689. The molecule has 7 nitrogen and oxygen atoms in total. The highest BCUT2D eigenvalue weighted by Crippen LogP contribution is 2.19. The van der Waals surface area contributed by atoms with Crippen molar-refractivity contribution in [2.45, 2.75) is 25.1 Å². The number of rotatable bonds is 3. The molecule has 110 valence electrons. The molecule has 2 unspecified atom stereocenters. The van der Waals surface area contributed by atoms with Gasteiger partial charge in [-0.3, -0.25) is 4.79 Å². The zero-order valence-electron chi connectivity index (χ0n) is 11.2. The topological polar surface area (TPSA) is 95.7 Å². The van der Waals surface area contributed by atoms with E-state index < -0.39 is 18.1 Å². The first-order chi connectivity index (χ1) is 10.1. The Kier molecular flexibility index (Phi) is 3.34. The van der Waals surface area contributed by atoms with Gasteiger partial charge in [-0.2, -0.15) is 0 Å². The molecule has 7 heteroatoms. The molecule has 1 aliphatic rings. The van der Waals surface area contributed by atoms with E-state index in [0.29, 0.717) is 0 Å². The van der Waals surface area contributed by atoms with Crippen LogP contribution in [-0.4, -0.2) is 55.2 Å². The van der Waals surface area contributed by atoms with E-state index in [0.717, 1.165) is 11.0 Å². The number of para-hydroxylation sites is 2. The van der Waals surface area contributed by atoms with Crippen LogP contribution in [0.3, 0.4) is 0 Å². The van der Waals surface area contributed by atoms with E-state index in [1.807, 2.05) is 24.3 Å². The third-order valence-corrected chi connectivity index (χ3v) is 3.72. The quantitative estimate of drug-likeness (QED) is 0.834. The second-order valence-electron chi connectivity index (χ2n) is 5.15. The molecular formula is C14H15N3O4. The predicted molar refractivity (Wildman–Crippen MR) is 73.5 cm³/mol. The van der Waals surface area contributed by atoms with E-state index in [-0.39, 0.29) is 25.4 Å². The van der Waals surface area contributed by atoms with E-state index in [9.17, 15) is 14.7 Å². The summed E-state index contributed by atoms with van der Waals surface area (Å²) in [5, 5.41) is 18.7. The van der Waals surface area contributed by atoms with Gasteiger partial charge in [-0.25, -0.2) is 9.78 Å². The number of benzene rings is 1. The lowest BCUT2D eigenvalue weighted by molar-refractivity contribution is -0.148. The number of imidazole rings is 1. The lowest BCUT2D eigenvalue weighted by atomic mass is 10.2. The zero-order valence-corrected chi connectivity index (χ0v) is 11.2. The average Bonchev–Trinajstić information content (AvgIpc) is 3.03. The number of β-amino-alcohol motifs (C(OH)–C–C–N with tert-alkyl or cyclic N) is 1. The van der Waals surface area contributed by atoms with Crippen molar-refractivity contribution >= 4 is 22.9 Å². The zero-order chi connectivity index (χ0) is 15.0. The molecule has 0 radical (unpaired) electrons. The molecule has 1 aliphatic heterocycles. The molecule has 1 aromatic heterocycles. The number of hydrogen-bond donors (Lipinski definition) is 2. The van der Waals surface area contributed by atoms with Crippen molar-refractivity contribution < 1.29 is 19.8 Å². The molecular weight excluding hydrogens is 274 g/mol. The van der Waals surface area contributed by atoms with Crippen molar-refractivity contribution in [3.8, 4) is 0 Å². The van der Waals surface area contributed by atoms with E-state index >= 15 is 0 Å². The fourth-order valence-corrected chi connectivity index (χ4v) is 2.70. The van der Waals surface area contributed by atoms with Crippen LogP contribution in [0.25, 0.3) is 11.0 Å². The maximum Gasteiger partial charge on any atom is 0.326 e. The minimum Gasteiger partial charge on any atom is -0.480 e. The molecule has 2 atom stereocenters. The van der Waals surface area contributed by atoms with Crippen LogP contribution >= 0.6 is 0 Å². The smallest absolute Gasteiger partial charge is 0.326 e. The minimum absolute atomic E-state index is 0.0109. The van der Waals surface area contributed by atoms with Gasteiger partial charge in [-0.05, 0) is 12.1 Å². The normalized spacial score (nSPS) is 21.9. The number of nitrogens with zero attached hydrogens (tertiary/aromatic N) is 3. The highest BCUT2D eigenvalue weighted by molar-refractivity contribution is 5.85. The molecule has 1 aromatic carbocycles. The largest absolute Gasteiger partial charge is 0.480 e. The number of carbonyl (C=O) groups is 2. The summed E-state index contributed by atoms with van der Waals surface area (Å²) in [5.74, 6) is -1.42. The number of aliphatic hydroxyl groups is 1. The van der Waals surface area contributed by atoms with Crippen LogP contribution in [0.15, 0.2) is 30.6 Å². The van der Waals surface area contributed by atoms with Crippen molar-refractivity contribution in [1.82, 2.24) is 14.5 Å². The summed E-state index contributed by atoms with van der Waals surface area (Å²) in [6, 6.07) is 6.45.